The lowest BCUT2D eigenvalue weighted by Crippen LogP contribution is -2.39. The molecular formula is C21H20FN5O3. The van der Waals surface area contributed by atoms with E-state index < -0.39 is 4.92 Å². The highest BCUT2D eigenvalue weighted by atomic mass is 19.1. The van der Waals surface area contributed by atoms with Crippen molar-refractivity contribution in [3.63, 3.8) is 0 Å². The van der Waals surface area contributed by atoms with Gasteiger partial charge in [-0.25, -0.2) is 14.2 Å². The second-order valence-electron chi connectivity index (χ2n) is 7.25. The molecule has 9 heteroatoms. The van der Waals surface area contributed by atoms with E-state index in [0.717, 1.165) is 12.1 Å². The molecular weight excluding hydrogens is 389 g/mol. The second kappa shape index (κ2) is 7.94. The number of benzene rings is 2. The minimum atomic E-state index is -0.424. The minimum Gasteiger partial charge on any atom is -0.369 e. The third kappa shape index (κ3) is 4.00. The SMILES string of the molecule is Cc1cc(N2CCC(NC(=O)Nc3ccc(F)cc3)C2)c2cccc([N+](=O)[O-])c2n1. The summed E-state index contributed by atoms with van der Waals surface area (Å²) in [6.45, 7) is 3.07. The van der Waals surface area contributed by atoms with Gasteiger partial charge in [0.25, 0.3) is 5.69 Å². The van der Waals surface area contributed by atoms with Crippen LogP contribution in [0.1, 0.15) is 12.1 Å². The number of para-hydroxylation sites is 1. The average molecular weight is 409 g/mol. The third-order valence-corrected chi connectivity index (χ3v) is 5.09. The van der Waals surface area contributed by atoms with Crippen LogP contribution in [0.25, 0.3) is 10.9 Å². The van der Waals surface area contributed by atoms with Gasteiger partial charge >= 0.3 is 6.03 Å². The molecule has 1 aliphatic rings. The van der Waals surface area contributed by atoms with Crippen molar-refractivity contribution in [3.8, 4) is 0 Å². The summed E-state index contributed by atoms with van der Waals surface area (Å²) in [4.78, 5) is 29.7. The first-order valence-electron chi connectivity index (χ1n) is 9.53. The Labute approximate surface area is 171 Å². The highest BCUT2D eigenvalue weighted by molar-refractivity contribution is 5.97. The number of non-ortho nitro benzene ring substituents is 1. The molecule has 2 amide bonds. The highest BCUT2D eigenvalue weighted by Crippen LogP contribution is 2.33. The predicted molar refractivity (Wildman–Crippen MR) is 112 cm³/mol. The van der Waals surface area contributed by atoms with Gasteiger partial charge in [0.1, 0.15) is 5.82 Å². The molecule has 1 unspecified atom stereocenters. The molecule has 1 aromatic heterocycles. The van der Waals surface area contributed by atoms with Crippen molar-refractivity contribution in [3.05, 3.63) is 70.2 Å². The van der Waals surface area contributed by atoms with Gasteiger partial charge in [0.2, 0.25) is 0 Å². The van der Waals surface area contributed by atoms with E-state index in [2.05, 4.69) is 20.5 Å². The van der Waals surface area contributed by atoms with Crippen LogP contribution in [0.15, 0.2) is 48.5 Å². The fourth-order valence-corrected chi connectivity index (χ4v) is 3.73. The summed E-state index contributed by atoms with van der Waals surface area (Å²) in [6.07, 6.45) is 0.731. The van der Waals surface area contributed by atoms with Crippen LogP contribution in [-0.2, 0) is 0 Å². The standard InChI is InChI=1S/C21H20FN5O3/c1-13-11-19(17-3-2-4-18(27(29)30)20(17)23-13)26-10-9-16(12-26)25-21(28)24-15-7-5-14(22)6-8-15/h2-8,11,16H,9-10,12H2,1H3,(H2,24,25,28). The van der Waals surface area contributed by atoms with Gasteiger partial charge in [-0.3, -0.25) is 10.1 Å². The summed E-state index contributed by atoms with van der Waals surface area (Å²) in [6, 6.07) is 11.9. The average Bonchev–Trinajstić information content (AvgIpc) is 3.16. The molecule has 0 radical (unpaired) electrons. The first-order valence-corrected chi connectivity index (χ1v) is 9.53. The maximum Gasteiger partial charge on any atom is 0.319 e. The van der Waals surface area contributed by atoms with Gasteiger partial charge in [-0.15, -0.1) is 0 Å². The van der Waals surface area contributed by atoms with Crippen LogP contribution in [0.2, 0.25) is 0 Å². The largest absolute Gasteiger partial charge is 0.369 e. The van der Waals surface area contributed by atoms with Crippen LogP contribution in [0.5, 0.6) is 0 Å². The van der Waals surface area contributed by atoms with Gasteiger partial charge in [0.15, 0.2) is 5.52 Å². The molecule has 0 spiro atoms. The van der Waals surface area contributed by atoms with Crippen molar-refractivity contribution in [1.82, 2.24) is 10.3 Å². The summed E-state index contributed by atoms with van der Waals surface area (Å²) in [7, 11) is 0. The number of carbonyl (C=O) groups excluding carboxylic acids is 1. The number of nitrogens with zero attached hydrogens (tertiary/aromatic N) is 3. The zero-order chi connectivity index (χ0) is 21.3. The number of hydrogen-bond acceptors (Lipinski definition) is 5. The summed E-state index contributed by atoms with van der Waals surface area (Å²) in [5.74, 6) is -0.368. The van der Waals surface area contributed by atoms with Gasteiger partial charge in [0.05, 0.1) is 4.92 Å². The lowest BCUT2D eigenvalue weighted by atomic mass is 10.1. The molecule has 1 aliphatic heterocycles. The van der Waals surface area contributed by atoms with Crippen LogP contribution >= 0.6 is 0 Å². The molecule has 30 heavy (non-hydrogen) atoms. The molecule has 154 valence electrons. The monoisotopic (exact) mass is 409 g/mol. The Morgan fingerprint density at radius 2 is 2.03 bits per heavy atom. The van der Waals surface area contributed by atoms with Crippen LogP contribution in [0.3, 0.4) is 0 Å². The minimum absolute atomic E-state index is 0.0232. The number of hydrogen-bond donors (Lipinski definition) is 2. The molecule has 8 nitrogen and oxygen atoms in total. The molecule has 2 aromatic carbocycles. The van der Waals surface area contributed by atoms with Crippen LogP contribution < -0.4 is 15.5 Å². The Bertz CT molecular complexity index is 1120. The van der Waals surface area contributed by atoms with E-state index in [1.165, 1.54) is 30.3 Å². The number of amides is 2. The van der Waals surface area contributed by atoms with Crippen molar-refractivity contribution in [1.29, 1.82) is 0 Å². The van der Waals surface area contributed by atoms with Gasteiger partial charge in [-0.05, 0) is 43.7 Å². The maximum absolute atomic E-state index is 13.0. The topological polar surface area (TPSA) is 100 Å². The molecule has 0 aliphatic carbocycles. The van der Waals surface area contributed by atoms with E-state index in [4.69, 9.17) is 0 Å². The van der Waals surface area contributed by atoms with Gasteiger partial charge < -0.3 is 15.5 Å². The smallest absolute Gasteiger partial charge is 0.319 e. The summed E-state index contributed by atoms with van der Waals surface area (Å²) < 4.78 is 13.0. The molecule has 4 rings (SSSR count). The molecule has 0 saturated carbocycles. The number of rotatable bonds is 4. The lowest BCUT2D eigenvalue weighted by Gasteiger charge is -2.21. The summed E-state index contributed by atoms with van der Waals surface area (Å²) >= 11 is 0. The number of fused-ring (bicyclic) bond motifs is 1. The number of pyridine rings is 1. The number of urea groups is 1. The predicted octanol–water partition coefficient (Wildman–Crippen LogP) is 3.99. The van der Waals surface area contributed by atoms with Crippen molar-refractivity contribution in [2.45, 2.75) is 19.4 Å². The second-order valence-corrected chi connectivity index (χ2v) is 7.25. The number of halogens is 1. The first-order chi connectivity index (χ1) is 14.4. The number of nitrogens with one attached hydrogen (secondary N) is 2. The zero-order valence-electron chi connectivity index (χ0n) is 16.3. The first kappa shape index (κ1) is 19.6. The van der Waals surface area contributed by atoms with Crippen LogP contribution in [0.4, 0.5) is 26.2 Å². The van der Waals surface area contributed by atoms with E-state index >= 15 is 0 Å². The summed E-state index contributed by atoms with van der Waals surface area (Å²) in [5.41, 5.74) is 2.40. The quantitative estimate of drug-likeness (QED) is 0.501. The van der Waals surface area contributed by atoms with Crippen molar-refractivity contribution >= 4 is 34.0 Å². The normalized spacial score (nSPS) is 15.9. The van der Waals surface area contributed by atoms with Crippen molar-refractivity contribution in [2.75, 3.05) is 23.3 Å². The fourth-order valence-electron chi connectivity index (χ4n) is 3.73. The molecule has 0 bridgehead atoms. The number of nitro benzene ring substituents is 1. The molecule has 1 fully saturated rings. The number of anilines is 2. The molecule has 3 aromatic rings. The Morgan fingerprint density at radius 1 is 1.27 bits per heavy atom. The highest BCUT2D eigenvalue weighted by Gasteiger charge is 2.27. The third-order valence-electron chi connectivity index (χ3n) is 5.09. The van der Waals surface area contributed by atoms with Gasteiger partial charge in [0, 0.05) is 47.7 Å². The number of nitro groups is 1. The Kier molecular flexibility index (Phi) is 5.18. The molecule has 1 saturated heterocycles. The Balaban J connectivity index is 1.50. The fraction of sp³-hybridized carbons (Fsp3) is 0.238. The molecule has 2 heterocycles. The lowest BCUT2D eigenvalue weighted by molar-refractivity contribution is -0.383. The van der Waals surface area contributed by atoms with Crippen LogP contribution in [0, 0.1) is 22.9 Å². The zero-order valence-corrected chi connectivity index (χ0v) is 16.3. The molecule has 2 N–H and O–H groups in total. The van der Waals surface area contributed by atoms with Gasteiger partial charge in [-0.2, -0.15) is 0 Å². The molecule has 1 atom stereocenters. The van der Waals surface area contributed by atoms with E-state index in [1.54, 1.807) is 6.07 Å². The number of aryl methyl sites for hydroxylation is 1. The van der Waals surface area contributed by atoms with E-state index in [-0.39, 0.29) is 23.6 Å². The van der Waals surface area contributed by atoms with E-state index in [1.807, 2.05) is 19.1 Å². The maximum atomic E-state index is 13.0. The van der Waals surface area contributed by atoms with E-state index in [0.29, 0.717) is 35.4 Å². The van der Waals surface area contributed by atoms with Crippen molar-refractivity contribution in [2.24, 2.45) is 0 Å². The Hall–Kier alpha value is -3.75. The number of aromatic nitrogens is 1. The van der Waals surface area contributed by atoms with Gasteiger partial charge in [-0.1, -0.05) is 12.1 Å². The Morgan fingerprint density at radius 3 is 2.77 bits per heavy atom. The van der Waals surface area contributed by atoms with Crippen molar-refractivity contribution < 1.29 is 14.1 Å². The van der Waals surface area contributed by atoms with Crippen LogP contribution in [-0.4, -0.2) is 35.1 Å². The summed E-state index contributed by atoms with van der Waals surface area (Å²) in [5, 5.41) is 17.7. The number of carbonyl (C=O) groups is 1. The van der Waals surface area contributed by atoms with E-state index in [9.17, 15) is 19.3 Å².